The number of hydrogen-bond donors (Lipinski definition) is 2. The molecule has 1 aromatic heterocycles. The van der Waals surface area contributed by atoms with Gasteiger partial charge < -0.3 is 4.74 Å². The van der Waals surface area contributed by atoms with Gasteiger partial charge in [-0.2, -0.15) is 0 Å². The van der Waals surface area contributed by atoms with Gasteiger partial charge in [0.2, 0.25) is 0 Å². The molecule has 7 nitrogen and oxygen atoms in total. The summed E-state index contributed by atoms with van der Waals surface area (Å²) in [5.41, 5.74) is 5.24. The van der Waals surface area contributed by atoms with E-state index in [1.165, 1.54) is 0 Å². The number of carbonyl (C=O) groups excluding carboxylic acids is 2. The molecule has 2 N–H and O–H groups in total. The molecule has 0 saturated carbocycles. The molecule has 0 fully saturated rings. The average Bonchev–Trinajstić information content (AvgIpc) is 2.44. The van der Waals surface area contributed by atoms with E-state index in [0.29, 0.717) is 19.0 Å². The van der Waals surface area contributed by atoms with E-state index in [4.69, 9.17) is 4.74 Å². The molecular formula is C13H20N4O3. The topological polar surface area (TPSA) is 83.6 Å². The monoisotopic (exact) mass is 280 g/mol. The minimum Gasteiger partial charge on any atom is -0.466 e. The minimum absolute atomic E-state index is 0.180. The molecule has 1 rings (SSSR count). The van der Waals surface area contributed by atoms with Crippen molar-refractivity contribution in [3.05, 3.63) is 24.4 Å². The molecular weight excluding hydrogens is 260 g/mol. The third-order valence-electron chi connectivity index (χ3n) is 2.41. The Labute approximate surface area is 118 Å². The van der Waals surface area contributed by atoms with Crippen LogP contribution in [0.25, 0.3) is 0 Å². The highest BCUT2D eigenvalue weighted by atomic mass is 16.5. The Morgan fingerprint density at radius 2 is 2.20 bits per heavy atom. The van der Waals surface area contributed by atoms with Gasteiger partial charge in [-0.05, 0) is 26.1 Å². The number of hydrazine groups is 1. The van der Waals surface area contributed by atoms with Crippen molar-refractivity contribution in [2.24, 2.45) is 0 Å². The zero-order valence-corrected chi connectivity index (χ0v) is 11.8. The van der Waals surface area contributed by atoms with Gasteiger partial charge in [0.25, 0.3) is 5.91 Å². The number of ether oxygens (including phenoxy) is 1. The molecule has 0 spiro atoms. The largest absolute Gasteiger partial charge is 0.466 e. The fourth-order valence-corrected chi connectivity index (χ4v) is 1.45. The van der Waals surface area contributed by atoms with Gasteiger partial charge in [0.15, 0.2) is 0 Å². The van der Waals surface area contributed by atoms with Gasteiger partial charge in [0.05, 0.1) is 19.6 Å². The maximum absolute atomic E-state index is 11.6. The summed E-state index contributed by atoms with van der Waals surface area (Å²) >= 11 is 0. The van der Waals surface area contributed by atoms with Crippen molar-refractivity contribution in [1.29, 1.82) is 0 Å². The second-order valence-corrected chi connectivity index (χ2v) is 4.18. The van der Waals surface area contributed by atoms with Crippen molar-refractivity contribution in [3.8, 4) is 0 Å². The molecule has 20 heavy (non-hydrogen) atoms. The normalized spacial score (nSPS) is 10.2. The number of aromatic nitrogens is 1. The van der Waals surface area contributed by atoms with Crippen LogP contribution >= 0.6 is 0 Å². The van der Waals surface area contributed by atoms with E-state index in [2.05, 4.69) is 15.8 Å². The number of amides is 1. The van der Waals surface area contributed by atoms with Crippen LogP contribution < -0.4 is 10.9 Å². The SMILES string of the molecule is CCOC(=O)CCN(C)CC(=O)NNc1ccccn1. The number of hydrogen-bond acceptors (Lipinski definition) is 6. The van der Waals surface area contributed by atoms with Gasteiger partial charge in [0.1, 0.15) is 5.82 Å². The summed E-state index contributed by atoms with van der Waals surface area (Å²) in [5.74, 6) is 0.100. The summed E-state index contributed by atoms with van der Waals surface area (Å²) in [7, 11) is 1.76. The molecule has 0 unspecified atom stereocenters. The molecule has 0 aromatic carbocycles. The van der Waals surface area contributed by atoms with Crippen molar-refractivity contribution >= 4 is 17.7 Å². The molecule has 0 saturated heterocycles. The Morgan fingerprint density at radius 3 is 2.85 bits per heavy atom. The third-order valence-corrected chi connectivity index (χ3v) is 2.41. The van der Waals surface area contributed by atoms with Crippen LogP contribution in [0.2, 0.25) is 0 Å². The summed E-state index contributed by atoms with van der Waals surface area (Å²) in [6.07, 6.45) is 1.89. The first-order valence-corrected chi connectivity index (χ1v) is 6.42. The summed E-state index contributed by atoms with van der Waals surface area (Å²) in [6.45, 7) is 2.78. The summed E-state index contributed by atoms with van der Waals surface area (Å²) in [5, 5.41) is 0. The molecule has 0 aliphatic heterocycles. The van der Waals surface area contributed by atoms with Crippen LogP contribution in [0.3, 0.4) is 0 Å². The first-order chi connectivity index (χ1) is 9.61. The molecule has 0 aliphatic carbocycles. The lowest BCUT2D eigenvalue weighted by Crippen LogP contribution is -2.39. The smallest absolute Gasteiger partial charge is 0.307 e. The molecule has 7 heteroatoms. The van der Waals surface area contributed by atoms with Crippen molar-refractivity contribution < 1.29 is 14.3 Å². The zero-order chi connectivity index (χ0) is 14.8. The highest BCUT2D eigenvalue weighted by molar-refractivity contribution is 5.79. The maximum atomic E-state index is 11.6. The minimum atomic E-state index is -0.258. The fraction of sp³-hybridized carbons (Fsp3) is 0.462. The molecule has 1 amide bonds. The number of rotatable bonds is 8. The number of carbonyl (C=O) groups is 2. The average molecular weight is 280 g/mol. The number of likely N-dealkylation sites (N-methyl/N-ethyl adjacent to an activating group) is 1. The lowest BCUT2D eigenvalue weighted by molar-refractivity contribution is -0.143. The molecule has 0 aliphatic rings. The summed E-state index contributed by atoms with van der Waals surface area (Å²) in [4.78, 5) is 28.6. The van der Waals surface area contributed by atoms with Crippen LogP contribution in [0.5, 0.6) is 0 Å². The van der Waals surface area contributed by atoms with Crippen molar-refractivity contribution in [2.45, 2.75) is 13.3 Å². The lowest BCUT2D eigenvalue weighted by atomic mass is 10.4. The standard InChI is InChI=1S/C13H20N4O3/c1-3-20-13(19)7-9-17(2)10-12(18)16-15-11-6-4-5-8-14-11/h4-6,8H,3,7,9-10H2,1-2H3,(H,14,15)(H,16,18). The third kappa shape index (κ3) is 6.69. The first kappa shape index (κ1) is 15.9. The second-order valence-electron chi connectivity index (χ2n) is 4.18. The van der Waals surface area contributed by atoms with Gasteiger partial charge in [-0.1, -0.05) is 6.07 Å². The van der Waals surface area contributed by atoms with Crippen molar-refractivity contribution in [3.63, 3.8) is 0 Å². The van der Waals surface area contributed by atoms with Gasteiger partial charge in [-0.3, -0.25) is 25.3 Å². The van der Waals surface area contributed by atoms with Crippen LogP contribution in [-0.4, -0.2) is 48.5 Å². The molecule has 0 bridgehead atoms. The summed E-state index contributed by atoms with van der Waals surface area (Å²) < 4.78 is 4.82. The Balaban J connectivity index is 2.19. The van der Waals surface area contributed by atoms with E-state index in [-0.39, 0.29) is 24.8 Å². The predicted molar refractivity (Wildman–Crippen MR) is 74.7 cm³/mol. The predicted octanol–water partition coefficient (Wildman–Crippen LogP) is 0.410. The molecule has 0 radical (unpaired) electrons. The fourth-order valence-electron chi connectivity index (χ4n) is 1.45. The first-order valence-electron chi connectivity index (χ1n) is 6.42. The Kier molecular flexibility index (Phi) is 7.05. The number of esters is 1. The second kappa shape index (κ2) is 8.87. The Bertz CT molecular complexity index is 425. The van der Waals surface area contributed by atoms with Crippen LogP contribution in [0.1, 0.15) is 13.3 Å². The molecule has 110 valence electrons. The molecule has 1 heterocycles. The number of anilines is 1. The van der Waals surface area contributed by atoms with E-state index in [9.17, 15) is 9.59 Å². The van der Waals surface area contributed by atoms with Gasteiger partial charge >= 0.3 is 5.97 Å². The number of nitrogens with zero attached hydrogens (tertiary/aromatic N) is 2. The number of pyridine rings is 1. The highest BCUT2D eigenvalue weighted by Gasteiger charge is 2.09. The summed E-state index contributed by atoms with van der Waals surface area (Å²) in [6, 6.07) is 5.34. The number of nitrogens with one attached hydrogen (secondary N) is 2. The van der Waals surface area contributed by atoms with E-state index in [1.54, 1.807) is 37.2 Å². The van der Waals surface area contributed by atoms with Gasteiger partial charge in [-0.15, -0.1) is 0 Å². The van der Waals surface area contributed by atoms with Crippen LogP contribution in [-0.2, 0) is 14.3 Å². The quantitative estimate of drug-likeness (QED) is 0.530. The van der Waals surface area contributed by atoms with E-state index in [1.807, 2.05) is 6.07 Å². The molecule has 1 aromatic rings. The van der Waals surface area contributed by atoms with Crippen molar-refractivity contribution in [1.82, 2.24) is 15.3 Å². The van der Waals surface area contributed by atoms with E-state index < -0.39 is 0 Å². The van der Waals surface area contributed by atoms with Crippen LogP contribution in [0.4, 0.5) is 5.82 Å². The van der Waals surface area contributed by atoms with E-state index in [0.717, 1.165) is 0 Å². The van der Waals surface area contributed by atoms with Crippen molar-refractivity contribution in [2.75, 3.05) is 32.2 Å². The van der Waals surface area contributed by atoms with Gasteiger partial charge in [0, 0.05) is 12.7 Å². The van der Waals surface area contributed by atoms with Crippen LogP contribution in [0, 0.1) is 0 Å². The lowest BCUT2D eigenvalue weighted by Gasteiger charge is -2.16. The zero-order valence-electron chi connectivity index (χ0n) is 11.8. The van der Waals surface area contributed by atoms with Gasteiger partial charge in [-0.25, -0.2) is 4.98 Å². The molecule has 0 atom stereocenters. The Hall–Kier alpha value is -2.15. The highest BCUT2D eigenvalue weighted by Crippen LogP contribution is 1.97. The Morgan fingerprint density at radius 1 is 1.40 bits per heavy atom. The maximum Gasteiger partial charge on any atom is 0.307 e. The van der Waals surface area contributed by atoms with E-state index >= 15 is 0 Å². The van der Waals surface area contributed by atoms with Crippen LogP contribution in [0.15, 0.2) is 24.4 Å².